The molecule has 0 N–H and O–H groups in total. The van der Waals surface area contributed by atoms with Gasteiger partial charge in [-0.15, -0.1) is 0 Å². The predicted octanol–water partition coefficient (Wildman–Crippen LogP) is 2.16. The number of nitrogens with zero attached hydrogens (tertiary/aromatic N) is 4. The van der Waals surface area contributed by atoms with Crippen LogP contribution in [0.3, 0.4) is 0 Å². The van der Waals surface area contributed by atoms with Crippen molar-refractivity contribution in [3.63, 3.8) is 0 Å². The summed E-state index contributed by atoms with van der Waals surface area (Å²) in [5, 5.41) is 0. The lowest BCUT2D eigenvalue weighted by molar-refractivity contribution is -0.132. The van der Waals surface area contributed by atoms with Crippen LogP contribution in [0.15, 0.2) is 36.8 Å². The first kappa shape index (κ1) is 15.9. The third-order valence-corrected chi connectivity index (χ3v) is 5.27. The fourth-order valence-electron chi connectivity index (χ4n) is 3.89. The maximum absolute atomic E-state index is 12.6. The number of rotatable bonds is 3. The first-order valence-corrected chi connectivity index (χ1v) is 8.77. The summed E-state index contributed by atoms with van der Waals surface area (Å²) in [7, 11) is 0. The molecule has 1 atom stereocenters. The number of para-hydroxylation sites is 1. The van der Waals surface area contributed by atoms with Gasteiger partial charge in [0.1, 0.15) is 0 Å². The highest BCUT2D eigenvalue weighted by atomic mass is 16.2. The van der Waals surface area contributed by atoms with E-state index in [1.54, 1.807) is 6.92 Å². The Morgan fingerprint density at radius 1 is 1.24 bits per heavy atom. The lowest BCUT2D eigenvalue weighted by Crippen LogP contribution is -2.38. The summed E-state index contributed by atoms with van der Waals surface area (Å²) in [4.78, 5) is 32.4. The fourth-order valence-corrected chi connectivity index (χ4v) is 3.89. The van der Waals surface area contributed by atoms with E-state index in [-0.39, 0.29) is 17.7 Å². The Labute approximate surface area is 147 Å². The van der Waals surface area contributed by atoms with Crippen LogP contribution in [0.4, 0.5) is 5.69 Å². The molecular formula is C19H22N4O2. The van der Waals surface area contributed by atoms with Gasteiger partial charge in [-0.25, -0.2) is 4.98 Å². The lowest BCUT2D eigenvalue weighted by atomic mass is 9.96. The van der Waals surface area contributed by atoms with E-state index >= 15 is 0 Å². The highest BCUT2D eigenvalue weighted by Gasteiger charge is 2.31. The van der Waals surface area contributed by atoms with Gasteiger partial charge >= 0.3 is 0 Å². The Morgan fingerprint density at radius 2 is 2.08 bits per heavy atom. The monoisotopic (exact) mass is 338 g/mol. The highest BCUT2D eigenvalue weighted by Crippen LogP contribution is 2.38. The molecule has 0 aliphatic carbocycles. The minimum Gasteiger partial charge on any atom is -0.335 e. The van der Waals surface area contributed by atoms with E-state index in [9.17, 15) is 9.59 Å². The van der Waals surface area contributed by atoms with Gasteiger partial charge in [0, 0.05) is 50.8 Å². The summed E-state index contributed by atoms with van der Waals surface area (Å²) in [5.74, 6) is 0.483. The predicted molar refractivity (Wildman–Crippen MR) is 94.1 cm³/mol. The molecule has 2 amide bonds. The van der Waals surface area contributed by atoms with Crippen molar-refractivity contribution in [2.24, 2.45) is 0 Å². The van der Waals surface area contributed by atoms with Crippen LogP contribution in [0.2, 0.25) is 0 Å². The van der Waals surface area contributed by atoms with Crippen LogP contribution >= 0.6 is 0 Å². The van der Waals surface area contributed by atoms with Crippen LogP contribution in [-0.2, 0) is 22.7 Å². The number of anilines is 1. The van der Waals surface area contributed by atoms with Gasteiger partial charge in [-0.05, 0) is 18.1 Å². The average molecular weight is 338 g/mol. The van der Waals surface area contributed by atoms with Gasteiger partial charge < -0.3 is 14.4 Å². The Kier molecular flexibility index (Phi) is 4.03. The Bertz CT molecular complexity index is 813. The van der Waals surface area contributed by atoms with E-state index < -0.39 is 0 Å². The van der Waals surface area contributed by atoms with Crippen molar-refractivity contribution in [2.45, 2.75) is 38.8 Å². The van der Waals surface area contributed by atoms with Gasteiger partial charge in [0.05, 0.1) is 18.6 Å². The highest BCUT2D eigenvalue weighted by molar-refractivity contribution is 5.94. The smallest absolute Gasteiger partial charge is 0.223 e. The molecule has 2 aliphatic rings. The molecule has 4 rings (SSSR count). The lowest BCUT2D eigenvalue weighted by Gasteiger charge is -2.28. The molecule has 130 valence electrons. The topological polar surface area (TPSA) is 58.4 Å². The number of imidazole rings is 1. The van der Waals surface area contributed by atoms with Crippen LogP contribution < -0.4 is 4.90 Å². The molecule has 6 heteroatoms. The minimum atomic E-state index is 0.0607. The molecule has 0 spiro atoms. The second kappa shape index (κ2) is 6.35. The van der Waals surface area contributed by atoms with Crippen molar-refractivity contribution < 1.29 is 9.59 Å². The van der Waals surface area contributed by atoms with Crippen molar-refractivity contribution in [3.8, 4) is 0 Å². The van der Waals surface area contributed by atoms with Crippen molar-refractivity contribution >= 4 is 17.5 Å². The molecule has 6 nitrogen and oxygen atoms in total. The number of benzene rings is 1. The van der Waals surface area contributed by atoms with Gasteiger partial charge in [0.2, 0.25) is 11.8 Å². The van der Waals surface area contributed by atoms with Gasteiger partial charge in [-0.3, -0.25) is 9.59 Å². The van der Waals surface area contributed by atoms with E-state index in [4.69, 9.17) is 0 Å². The number of amides is 2. The molecule has 1 aromatic carbocycles. The van der Waals surface area contributed by atoms with Gasteiger partial charge in [-0.1, -0.05) is 18.2 Å². The molecule has 3 heterocycles. The maximum Gasteiger partial charge on any atom is 0.223 e. The van der Waals surface area contributed by atoms with Crippen LogP contribution in [0.25, 0.3) is 0 Å². The van der Waals surface area contributed by atoms with Crippen LogP contribution in [0.5, 0.6) is 0 Å². The number of fused-ring (bicyclic) bond motifs is 2. The second-order valence-electron chi connectivity index (χ2n) is 6.82. The number of hydrogen-bond acceptors (Lipinski definition) is 3. The average Bonchev–Trinajstić information content (AvgIpc) is 3.23. The van der Waals surface area contributed by atoms with E-state index in [0.29, 0.717) is 19.5 Å². The number of carbonyl (C=O) groups excluding carboxylic acids is 2. The zero-order chi connectivity index (χ0) is 17.4. The Balaban J connectivity index is 1.40. The largest absolute Gasteiger partial charge is 0.335 e. The van der Waals surface area contributed by atoms with Crippen molar-refractivity contribution in [1.29, 1.82) is 0 Å². The van der Waals surface area contributed by atoms with Crippen molar-refractivity contribution in [3.05, 3.63) is 48.0 Å². The van der Waals surface area contributed by atoms with Gasteiger partial charge in [-0.2, -0.15) is 0 Å². The summed E-state index contributed by atoms with van der Waals surface area (Å²) < 4.78 is 2.10. The number of hydrogen-bond donors (Lipinski definition) is 0. The molecule has 0 fully saturated rings. The first-order chi connectivity index (χ1) is 12.1. The molecule has 1 aromatic heterocycles. The number of aromatic nitrogens is 2. The second-order valence-corrected chi connectivity index (χ2v) is 6.82. The molecule has 2 aromatic rings. The molecule has 0 radical (unpaired) electrons. The van der Waals surface area contributed by atoms with E-state index in [0.717, 1.165) is 30.9 Å². The molecule has 2 aliphatic heterocycles. The Morgan fingerprint density at radius 3 is 2.92 bits per heavy atom. The maximum atomic E-state index is 12.6. The molecule has 0 bridgehead atoms. The zero-order valence-corrected chi connectivity index (χ0v) is 14.4. The van der Waals surface area contributed by atoms with E-state index in [1.165, 1.54) is 5.56 Å². The summed E-state index contributed by atoms with van der Waals surface area (Å²) in [6, 6.07) is 8.03. The Hall–Kier alpha value is -2.63. The van der Waals surface area contributed by atoms with Crippen LogP contribution in [-0.4, -0.2) is 39.4 Å². The summed E-state index contributed by atoms with van der Waals surface area (Å²) in [6.45, 7) is 4.46. The molecular weight excluding hydrogens is 316 g/mol. The summed E-state index contributed by atoms with van der Waals surface area (Å²) in [5.41, 5.74) is 3.27. The molecule has 0 saturated carbocycles. The third kappa shape index (κ3) is 2.92. The number of carbonyl (C=O) groups is 2. The fraction of sp³-hybridized carbons (Fsp3) is 0.421. The first-order valence-electron chi connectivity index (χ1n) is 8.77. The van der Waals surface area contributed by atoms with Crippen molar-refractivity contribution in [1.82, 2.24) is 14.5 Å². The third-order valence-electron chi connectivity index (χ3n) is 5.27. The van der Waals surface area contributed by atoms with E-state index in [2.05, 4.69) is 15.6 Å². The molecule has 25 heavy (non-hydrogen) atoms. The SMILES string of the molecule is CC(=O)N1CC(CCC(=O)N2CCn3cncc3C2)c2ccccc21. The normalized spacial score (nSPS) is 18.8. The van der Waals surface area contributed by atoms with Crippen LogP contribution in [0.1, 0.15) is 36.9 Å². The van der Waals surface area contributed by atoms with E-state index in [1.807, 2.05) is 40.5 Å². The van der Waals surface area contributed by atoms with Gasteiger partial charge in [0.15, 0.2) is 0 Å². The molecule has 0 saturated heterocycles. The van der Waals surface area contributed by atoms with Gasteiger partial charge in [0.25, 0.3) is 0 Å². The van der Waals surface area contributed by atoms with Crippen molar-refractivity contribution in [2.75, 3.05) is 18.0 Å². The quantitative estimate of drug-likeness (QED) is 0.862. The summed E-state index contributed by atoms with van der Waals surface area (Å²) in [6.07, 6.45) is 4.94. The minimum absolute atomic E-state index is 0.0607. The molecule has 1 unspecified atom stereocenters. The zero-order valence-electron chi connectivity index (χ0n) is 14.4. The standard InChI is InChI=1S/C19H22N4O2/c1-14(24)23-11-15(17-4-2-3-5-18(17)23)6-7-19(25)21-8-9-22-13-20-10-16(22)12-21/h2-5,10,13,15H,6-9,11-12H2,1H3. The summed E-state index contributed by atoms with van der Waals surface area (Å²) >= 11 is 0. The van der Waals surface area contributed by atoms with Crippen LogP contribution in [0, 0.1) is 0 Å².